The van der Waals surface area contributed by atoms with Crippen molar-refractivity contribution < 1.29 is 14.5 Å². The minimum Gasteiger partial charge on any atom is -0.485 e. The summed E-state index contributed by atoms with van der Waals surface area (Å²) in [5, 5.41) is 10.8. The Labute approximate surface area is 121 Å². The predicted molar refractivity (Wildman–Crippen MR) is 75.3 cm³/mol. The van der Waals surface area contributed by atoms with Crippen molar-refractivity contribution in [2.45, 2.75) is 27.0 Å². The fraction of sp³-hybridized carbons (Fsp3) is 0.286. The topological polar surface area (TPSA) is 87.3 Å². The smallest absolute Gasteiger partial charge is 0.270 e. The van der Waals surface area contributed by atoms with Gasteiger partial charge < -0.3 is 9.30 Å². The average Bonchev–Trinajstić information content (AvgIpc) is 2.92. The normalized spacial score (nSPS) is 10.4. The molecule has 0 bridgehead atoms. The Morgan fingerprint density at radius 1 is 1.48 bits per heavy atom. The van der Waals surface area contributed by atoms with Crippen molar-refractivity contribution in [2.75, 3.05) is 0 Å². The first-order valence-corrected chi connectivity index (χ1v) is 6.45. The molecule has 0 aliphatic heterocycles. The first-order chi connectivity index (χ1) is 10.0. The molecule has 7 heteroatoms. The quantitative estimate of drug-likeness (QED) is 0.463. The summed E-state index contributed by atoms with van der Waals surface area (Å²) in [5.74, 6) is 0.761. The Kier molecular flexibility index (Phi) is 4.32. The molecule has 0 N–H and O–H groups in total. The van der Waals surface area contributed by atoms with Crippen molar-refractivity contribution in [2.24, 2.45) is 0 Å². The summed E-state index contributed by atoms with van der Waals surface area (Å²) in [7, 11) is 0. The summed E-state index contributed by atoms with van der Waals surface area (Å²) >= 11 is 0. The van der Waals surface area contributed by atoms with Gasteiger partial charge in [-0.3, -0.25) is 14.9 Å². The third-order valence-corrected chi connectivity index (χ3v) is 3.05. The van der Waals surface area contributed by atoms with Crippen molar-refractivity contribution in [1.29, 1.82) is 0 Å². The molecule has 110 valence electrons. The zero-order valence-corrected chi connectivity index (χ0v) is 11.8. The Morgan fingerprint density at radius 2 is 2.24 bits per heavy atom. The van der Waals surface area contributed by atoms with Crippen LogP contribution in [0.5, 0.6) is 5.75 Å². The van der Waals surface area contributed by atoms with Crippen LogP contribution < -0.4 is 4.74 Å². The molecule has 2 aromatic rings. The Bertz CT molecular complexity index is 679. The van der Waals surface area contributed by atoms with Crippen LogP contribution in [0.4, 0.5) is 5.69 Å². The number of hydrogen-bond donors (Lipinski definition) is 0. The number of aryl methyl sites for hydroxylation is 1. The highest BCUT2D eigenvalue weighted by Crippen LogP contribution is 2.25. The zero-order chi connectivity index (χ0) is 15.4. The number of ether oxygens (including phenoxy) is 1. The number of ketones is 1. The van der Waals surface area contributed by atoms with E-state index in [4.69, 9.17) is 4.74 Å². The van der Waals surface area contributed by atoms with Gasteiger partial charge in [0.05, 0.1) is 10.5 Å². The number of hydrogen-bond acceptors (Lipinski definition) is 5. The van der Waals surface area contributed by atoms with Crippen molar-refractivity contribution in [1.82, 2.24) is 9.55 Å². The van der Waals surface area contributed by atoms with E-state index in [0.29, 0.717) is 5.75 Å². The summed E-state index contributed by atoms with van der Waals surface area (Å²) in [6.07, 6.45) is 3.50. The molecule has 21 heavy (non-hydrogen) atoms. The second kappa shape index (κ2) is 6.17. The summed E-state index contributed by atoms with van der Waals surface area (Å²) < 4.78 is 7.51. The molecule has 7 nitrogen and oxygen atoms in total. The van der Waals surface area contributed by atoms with Crippen molar-refractivity contribution in [3.05, 3.63) is 52.1 Å². The molecule has 0 atom stereocenters. The molecule has 1 heterocycles. The maximum Gasteiger partial charge on any atom is 0.270 e. The molecule has 0 unspecified atom stereocenters. The van der Waals surface area contributed by atoms with E-state index in [-0.39, 0.29) is 23.6 Å². The molecule has 2 rings (SSSR count). The van der Waals surface area contributed by atoms with Crippen LogP contribution >= 0.6 is 0 Å². The molecular weight excluding hydrogens is 274 g/mol. The number of aromatic nitrogens is 2. The molecule has 0 fully saturated rings. The third-order valence-electron chi connectivity index (χ3n) is 3.05. The lowest BCUT2D eigenvalue weighted by Crippen LogP contribution is -2.07. The van der Waals surface area contributed by atoms with Crippen molar-refractivity contribution in [3.8, 4) is 5.75 Å². The summed E-state index contributed by atoms with van der Waals surface area (Å²) in [6.45, 7) is 4.29. The molecule has 0 spiro atoms. The number of non-ortho nitro benzene ring substituents is 1. The van der Waals surface area contributed by atoms with Crippen LogP contribution in [0.3, 0.4) is 0 Å². The Balaban J connectivity index is 2.23. The average molecular weight is 289 g/mol. The van der Waals surface area contributed by atoms with Gasteiger partial charge in [-0.15, -0.1) is 0 Å². The first kappa shape index (κ1) is 14.7. The molecule has 0 saturated carbocycles. The fourth-order valence-corrected chi connectivity index (χ4v) is 1.94. The van der Waals surface area contributed by atoms with Crippen molar-refractivity contribution in [3.63, 3.8) is 0 Å². The number of carbonyl (C=O) groups is 1. The van der Waals surface area contributed by atoms with Gasteiger partial charge >= 0.3 is 0 Å². The number of rotatable bonds is 6. The lowest BCUT2D eigenvalue weighted by atomic mass is 10.1. The van der Waals surface area contributed by atoms with Crippen LogP contribution in [-0.4, -0.2) is 20.3 Å². The van der Waals surface area contributed by atoms with Gasteiger partial charge in [0, 0.05) is 31.1 Å². The first-order valence-electron chi connectivity index (χ1n) is 6.45. The number of Topliss-reactive ketones (excluding diaryl/α,β-unsaturated/α-hetero) is 1. The monoisotopic (exact) mass is 289 g/mol. The molecule has 0 aliphatic rings. The SMILES string of the molecule is CCn1ccnc1COc1ccc([N+](=O)[O-])cc1C(C)=O. The highest BCUT2D eigenvalue weighted by atomic mass is 16.6. The molecule has 1 aromatic heterocycles. The predicted octanol–water partition coefficient (Wildman–Crippen LogP) is 2.59. The van der Waals surface area contributed by atoms with Crippen LogP contribution in [0.15, 0.2) is 30.6 Å². The van der Waals surface area contributed by atoms with Crippen LogP contribution in [0.1, 0.15) is 30.0 Å². The minimum atomic E-state index is -0.542. The van der Waals surface area contributed by atoms with Crippen LogP contribution in [0.25, 0.3) is 0 Å². The number of nitro benzene ring substituents is 1. The van der Waals surface area contributed by atoms with E-state index >= 15 is 0 Å². The zero-order valence-electron chi connectivity index (χ0n) is 11.8. The molecule has 0 amide bonds. The summed E-state index contributed by atoms with van der Waals surface area (Å²) in [5.41, 5.74) is 0.0569. The fourth-order valence-electron chi connectivity index (χ4n) is 1.94. The van der Waals surface area contributed by atoms with E-state index in [1.807, 2.05) is 17.7 Å². The lowest BCUT2D eigenvalue weighted by Gasteiger charge is -2.10. The van der Waals surface area contributed by atoms with Gasteiger partial charge in [0.15, 0.2) is 5.78 Å². The maximum absolute atomic E-state index is 11.6. The van der Waals surface area contributed by atoms with Gasteiger partial charge in [0.1, 0.15) is 18.2 Å². The standard InChI is InChI=1S/C14H15N3O4/c1-3-16-7-6-15-14(16)9-21-13-5-4-11(17(19)20)8-12(13)10(2)18/h4-8H,3,9H2,1-2H3. The number of nitro groups is 1. The molecule has 0 radical (unpaired) electrons. The highest BCUT2D eigenvalue weighted by Gasteiger charge is 2.15. The number of imidazole rings is 1. The minimum absolute atomic E-state index is 0.136. The number of nitrogens with zero attached hydrogens (tertiary/aromatic N) is 3. The van der Waals surface area contributed by atoms with Crippen LogP contribution in [-0.2, 0) is 13.2 Å². The third kappa shape index (κ3) is 3.25. The van der Waals surface area contributed by atoms with Crippen molar-refractivity contribution >= 4 is 11.5 Å². The second-order valence-corrected chi connectivity index (χ2v) is 4.41. The lowest BCUT2D eigenvalue weighted by molar-refractivity contribution is -0.384. The molecular formula is C14H15N3O4. The van der Waals surface area contributed by atoms with E-state index in [2.05, 4.69) is 4.98 Å². The van der Waals surface area contributed by atoms with Crippen LogP contribution in [0, 0.1) is 10.1 Å². The van der Waals surface area contributed by atoms with Gasteiger partial charge in [0.25, 0.3) is 5.69 Å². The van der Waals surface area contributed by atoms with Gasteiger partial charge in [-0.25, -0.2) is 4.98 Å². The van der Waals surface area contributed by atoms with E-state index in [1.54, 1.807) is 6.20 Å². The molecule has 1 aromatic carbocycles. The van der Waals surface area contributed by atoms with Gasteiger partial charge in [0.2, 0.25) is 0 Å². The van der Waals surface area contributed by atoms with E-state index in [1.165, 1.54) is 25.1 Å². The Morgan fingerprint density at radius 3 is 2.86 bits per heavy atom. The summed E-state index contributed by atoms with van der Waals surface area (Å²) in [6, 6.07) is 3.98. The number of benzene rings is 1. The highest BCUT2D eigenvalue weighted by molar-refractivity contribution is 5.97. The molecule has 0 saturated heterocycles. The largest absolute Gasteiger partial charge is 0.485 e. The van der Waals surface area contributed by atoms with E-state index in [9.17, 15) is 14.9 Å². The van der Waals surface area contributed by atoms with Gasteiger partial charge in [-0.1, -0.05) is 0 Å². The Hall–Kier alpha value is -2.70. The van der Waals surface area contributed by atoms with Gasteiger partial charge in [-0.2, -0.15) is 0 Å². The van der Waals surface area contributed by atoms with Gasteiger partial charge in [-0.05, 0) is 19.9 Å². The number of carbonyl (C=O) groups excluding carboxylic acids is 1. The van der Waals surface area contributed by atoms with E-state index < -0.39 is 4.92 Å². The second-order valence-electron chi connectivity index (χ2n) is 4.41. The maximum atomic E-state index is 11.6. The van der Waals surface area contributed by atoms with E-state index in [0.717, 1.165) is 12.4 Å². The summed E-state index contributed by atoms with van der Waals surface area (Å²) in [4.78, 5) is 26.0. The van der Waals surface area contributed by atoms with Crippen LogP contribution in [0.2, 0.25) is 0 Å². The molecule has 0 aliphatic carbocycles.